The summed E-state index contributed by atoms with van der Waals surface area (Å²) in [6.07, 6.45) is 0.593. The number of carbonyl (C=O) groups excluding carboxylic acids is 2. The Balaban J connectivity index is 1.70. The van der Waals surface area contributed by atoms with Crippen molar-refractivity contribution in [3.8, 4) is 0 Å². The van der Waals surface area contributed by atoms with Crippen molar-refractivity contribution in [1.82, 2.24) is 10.6 Å². The van der Waals surface area contributed by atoms with Crippen molar-refractivity contribution in [2.45, 2.75) is 25.8 Å². The fraction of sp³-hybridized carbons (Fsp3) is 0.263. The molecule has 2 aromatic carbocycles. The molecule has 0 heterocycles. The highest BCUT2D eigenvalue weighted by atomic mass is 79.9. The fourth-order valence-corrected chi connectivity index (χ4v) is 2.75. The number of rotatable bonds is 7. The molecular weight excluding hydrogens is 368 g/mol. The lowest BCUT2D eigenvalue weighted by Crippen LogP contribution is -2.32. The second kappa shape index (κ2) is 9.23. The molecule has 2 amide bonds. The second-order valence-corrected chi connectivity index (χ2v) is 6.52. The normalized spacial score (nSPS) is 11.6. The van der Waals surface area contributed by atoms with Crippen LogP contribution in [0.5, 0.6) is 0 Å². The lowest BCUT2D eigenvalue weighted by molar-refractivity contribution is -0.122. The summed E-state index contributed by atoms with van der Waals surface area (Å²) < 4.78 is 0.981. The molecule has 0 bridgehead atoms. The van der Waals surface area contributed by atoms with E-state index in [1.807, 2.05) is 61.5 Å². The summed E-state index contributed by atoms with van der Waals surface area (Å²) in [7, 11) is 0. The number of hydrogen-bond acceptors (Lipinski definition) is 2. The molecular formula is C19H21BrN2O2. The van der Waals surface area contributed by atoms with Crippen molar-refractivity contribution >= 4 is 27.7 Å². The summed E-state index contributed by atoms with van der Waals surface area (Å²) in [5.74, 6) is -0.156. The van der Waals surface area contributed by atoms with Crippen molar-refractivity contribution in [2.75, 3.05) is 6.54 Å². The van der Waals surface area contributed by atoms with E-state index < -0.39 is 0 Å². The van der Waals surface area contributed by atoms with Crippen molar-refractivity contribution in [2.24, 2.45) is 0 Å². The number of halogens is 1. The van der Waals surface area contributed by atoms with Gasteiger partial charge in [-0.3, -0.25) is 9.59 Å². The molecule has 0 aromatic heterocycles. The number of benzene rings is 2. The molecule has 24 heavy (non-hydrogen) atoms. The average Bonchev–Trinajstić information content (AvgIpc) is 2.55. The number of carbonyl (C=O) groups is 2. The van der Waals surface area contributed by atoms with Crippen molar-refractivity contribution in [3.63, 3.8) is 0 Å². The SMILES string of the molecule is CC(NC(=O)CCNC(=O)Cc1ccccc1)c1cccc(Br)c1. The van der Waals surface area contributed by atoms with Gasteiger partial charge in [-0.15, -0.1) is 0 Å². The van der Waals surface area contributed by atoms with E-state index in [9.17, 15) is 9.59 Å². The first kappa shape index (κ1) is 18.2. The van der Waals surface area contributed by atoms with Gasteiger partial charge in [-0.2, -0.15) is 0 Å². The third-order valence-corrected chi connectivity index (χ3v) is 4.10. The van der Waals surface area contributed by atoms with Crippen LogP contribution in [0, 0.1) is 0 Å². The van der Waals surface area contributed by atoms with Gasteiger partial charge in [-0.05, 0) is 30.2 Å². The quantitative estimate of drug-likeness (QED) is 0.763. The van der Waals surface area contributed by atoms with Gasteiger partial charge in [0.15, 0.2) is 0 Å². The van der Waals surface area contributed by atoms with E-state index in [-0.39, 0.29) is 24.3 Å². The summed E-state index contributed by atoms with van der Waals surface area (Å²) in [5, 5.41) is 5.71. The maximum absolute atomic E-state index is 12.0. The molecule has 2 aromatic rings. The lowest BCUT2D eigenvalue weighted by Gasteiger charge is -2.15. The first-order chi connectivity index (χ1) is 11.5. The minimum absolute atomic E-state index is 0.0741. The van der Waals surface area contributed by atoms with Gasteiger partial charge in [0.25, 0.3) is 0 Å². The van der Waals surface area contributed by atoms with Crippen LogP contribution in [0.3, 0.4) is 0 Å². The number of hydrogen-bond donors (Lipinski definition) is 2. The number of nitrogens with one attached hydrogen (secondary N) is 2. The molecule has 0 saturated carbocycles. The van der Waals surface area contributed by atoms with Crippen LogP contribution in [0.15, 0.2) is 59.1 Å². The first-order valence-electron chi connectivity index (χ1n) is 7.90. The standard InChI is InChI=1S/C19H21BrN2O2/c1-14(16-8-5-9-17(20)13-16)22-18(23)10-11-21-19(24)12-15-6-3-2-4-7-15/h2-9,13-14H,10-12H2,1H3,(H,21,24)(H,22,23). The van der Waals surface area contributed by atoms with Gasteiger partial charge in [0, 0.05) is 17.4 Å². The molecule has 4 nitrogen and oxygen atoms in total. The van der Waals surface area contributed by atoms with Crippen LogP contribution in [-0.2, 0) is 16.0 Å². The maximum atomic E-state index is 12.0. The third-order valence-electron chi connectivity index (χ3n) is 3.61. The van der Waals surface area contributed by atoms with Crippen LogP contribution in [0.25, 0.3) is 0 Å². The summed E-state index contributed by atoms with van der Waals surface area (Å²) in [4.78, 5) is 23.8. The van der Waals surface area contributed by atoms with Gasteiger partial charge in [-0.1, -0.05) is 58.4 Å². The maximum Gasteiger partial charge on any atom is 0.224 e. The molecule has 0 spiro atoms. The second-order valence-electron chi connectivity index (χ2n) is 5.61. The Hall–Kier alpha value is -2.14. The zero-order valence-electron chi connectivity index (χ0n) is 13.6. The molecule has 2 N–H and O–H groups in total. The highest BCUT2D eigenvalue weighted by Crippen LogP contribution is 2.17. The van der Waals surface area contributed by atoms with E-state index in [1.54, 1.807) is 0 Å². The van der Waals surface area contributed by atoms with E-state index in [1.165, 1.54) is 0 Å². The van der Waals surface area contributed by atoms with E-state index >= 15 is 0 Å². The fourth-order valence-electron chi connectivity index (χ4n) is 2.33. The van der Waals surface area contributed by atoms with Crippen LogP contribution >= 0.6 is 15.9 Å². The van der Waals surface area contributed by atoms with Gasteiger partial charge < -0.3 is 10.6 Å². The van der Waals surface area contributed by atoms with E-state index in [0.29, 0.717) is 13.0 Å². The Labute approximate surface area is 150 Å². The molecule has 0 aliphatic rings. The zero-order chi connectivity index (χ0) is 17.4. The molecule has 0 aliphatic heterocycles. The molecule has 0 aliphatic carbocycles. The van der Waals surface area contributed by atoms with Gasteiger partial charge in [-0.25, -0.2) is 0 Å². The number of amides is 2. The predicted octanol–water partition coefficient (Wildman–Crippen LogP) is 3.38. The van der Waals surface area contributed by atoms with Crippen LogP contribution < -0.4 is 10.6 Å². The molecule has 126 valence electrons. The molecule has 1 unspecified atom stereocenters. The van der Waals surface area contributed by atoms with Gasteiger partial charge in [0.05, 0.1) is 12.5 Å². The first-order valence-corrected chi connectivity index (χ1v) is 8.69. The Morgan fingerprint density at radius 2 is 1.79 bits per heavy atom. The third kappa shape index (κ3) is 6.16. The molecule has 0 radical (unpaired) electrons. The van der Waals surface area contributed by atoms with Crippen molar-refractivity contribution < 1.29 is 9.59 Å². The Morgan fingerprint density at radius 1 is 1.04 bits per heavy atom. The van der Waals surface area contributed by atoms with E-state index in [4.69, 9.17) is 0 Å². The van der Waals surface area contributed by atoms with Crippen LogP contribution in [0.2, 0.25) is 0 Å². The van der Waals surface area contributed by atoms with Crippen molar-refractivity contribution in [1.29, 1.82) is 0 Å². The van der Waals surface area contributed by atoms with Crippen LogP contribution in [0.1, 0.15) is 30.5 Å². The Bertz CT molecular complexity index is 689. The Kier molecular flexibility index (Phi) is 7.00. The average molecular weight is 389 g/mol. The predicted molar refractivity (Wildman–Crippen MR) is 98.5 cm³/mol. The monoisotopic (exact) mass is 388 g/mol. The molecule has 0 saturated heterocycles. The Morgan fingerprint density at radius 3 is 2.50 bits per heavy atom. The molecule has 2 rings (SSSR count). The highest BCUT2D eigenvalue weighted by molar-refractivity contribution is 9.10. The molecule has 1 atom stereocenters. The van der Waals surface area contributed by atoms with E-state index in [2.05, 4.69) is 26.6 Å². The topological polar surface area (TPSA) is 58.2 Å². The highest BCUT2D eigenvalue weighted by Gasteiger charge is 2.10. The van der Waals surface area contributed by atoms with Gasteiger partial charge in [0.1, 0.15) is 0 Å². The van der Waals surface area contributed by atoms with Gasteiger partial charge >= 0.3 is 0 Å². The van der Waals surface area contributed by atoms with E-state index in [0.717, 1.165) is 15.6 Å². The summed E-state index contributed by atoms with van der Waals surface area (Å²) in [6, 6.07) is 17.3. The minimum Gasteiger partial charge on any atom is -0.355 e. The van der Waals surface area contributed by atoms with Crippen LogP contribution in [-0.4, -0.2) is 18.4 Å². The largest absolute Gasteiger partial charge is 0.355 e. The van der Waals surface area contributed by atoms with Crippen molar-refractivity contribution in [3.05, 3.63) is 70.2 Å². The molecule has 0 fully saturated rings. The summed E-state index contributed by atoms with van der Waals surface area (Å²) >= 11 is 3.42. The molecule has 5 heteroatoms. The smallest absolute Gasteiger partial charge is 0.224 e. The summed E-state index contributed by atoms with van der Waals surface area (Å²) in [5.41, 5.74) is 1.99. The minimum atomic E-state index is -0.0810. The van der Waals surface area contributed by atoms with Crippen LogP contribution in [0.4, 0.5) is 0 Å². The lowest BCUT2D eigenvalue weighted by atomic mass is 10.1. The zero-order valence-corrected chi connectivity index (χ0v) is 15.2. The van der Waals surface area contributed by atoms with Gasteiger partial charge in [0.2, 0.25) is 11.8 Å². The summed E-state index contributed by atoms with van der Waals surface area (Å²) in [6.45, 7) is 2.27.